The van der Waals surface area contributed by atoms with Crippen molar-refractivity contribution in [2.75, 3.05) is 0 Å². The van der Waals surface area contributed by atoms with Crippen molar-refractivity contribution >= 4 is 0 Å². The molecule has 4 aliphatic carbocycles. The fraction of sp³-hybridized carbons (Fsp3) is 1.00. The van der Waals surface area contributed by atoms with Gasteiger partial charge >= 0.3 is 0 Å². The molecule has 0 N–H and O–H groups in total. The highest BCUT2D eigenvalue weighted by Crippen LogP contribution is 2.69. The summed E-state index contributed by atoms with van der Waals surface area (Å²) in [6.07, 6.45) is 16.0. The van der Waals surface area contributed by atoms with Gasteiger partial charge < -0.3 is 0 Å². The predicted octanol–water partition coefficient (Wildman–Crippen LogP) is 4.39. The molecule has 4 saturated carbocycles. The summed E-state index contributed by atoms with van der Waals surface area (Å²) in [7, 11) is 0. The van der Waals surface area contributed by atoms with Crippen molar-refractivity contribution in [1.82, 2.24) is 0 Å². The van der Waals surface area contributed by atoms with Crippen LogP contribution in [0.4, 0.5) is 0 Å². The summed E-state index contributed by atoms with van der Waals surface area (Å²) in [5.74, 6) is 4.72. The third-order valence-corrected chi connectivity index (χ3v) is 6.70. The second-order valence-corrected chi connectivity index (χ2v) is 6.92. The number of hydrogen-bond donors (Lipinski definition) is 0. The minimum Gasteiger partial charge on any atom is -0.0530 e. The van der Waals surface area contributed by atoms with Gasteiger partial charge in [0, 0.05) is 0 Å². The summed E-state index contributed by atoms with van der Waals surface area (Å²) in [6, 6.07) is 0. The van der Waals surface area contributed by atoms with Crippen LogP contribution in [0.3, 0.4) is 0 Å². The SMILES string of the molecule is C1CC2CC34CCCCC3CCC4C2C1. The number of fused-ring (bicyclic) bond motifs is 2. The van der Waals surface area contributed by atoms with Gasteiger partial charge in [-0.25, -0.2) is 0 Å². The van der Waals surface area contributed by atoms with E-state index in [1.165, 1.54) is 23.7 Å². The van der Waals surface area contributed by atoms with Gasteiger partial charge in [-0.05, 0) is 67.6 Å². The first-order valence-electron chi connectivity index (χ1n) is 7.40. The molecule has 0 radical (unpaired) electrons. The van der Waals surface area contributed by atoms with E-state index in [0.717, 1.165) is 5.41 Å². The zero-order valence-electron chi connectivity index (χ0n) is 9.88. The van der Waals surface area contributed by atoms with Crippen molar-refractivity contribution in [3.8, 4) is 0 Å². The first kappa shape index (κ1) is 9.07. The molecule has 1 spiro atoms. The lowest BCUT2D eigenvalue weighted by Crippen LogP contribution is -2.32. The van der Waals surface area contributed by atoms with Crippen molar-refractivity contribution in [3.63, 3.8) is 0 Å². The molecule has 4 rings (SSSR count). The van der Waals surface area contributed by atoms with E-state index >= 15 is 0 Å². The molecule has 0 aliphatic heterocycles. The Kier molecular flexibility index (Phi) is 1.83. The van der Waals surface area contributed by atoms with Gasteiger partial charge in [0.25, 0.3) is 0 Å². The standard InChI is InChI=1S/C15H24/c1-2-9-15-10-11-4-3-6-13(11)14(15)8-7-12(15)5-1/h11-14H,1-10H2. The number of rotatable bonds is 0. The molecule has 4 fully saturated rings. The van der Waals surface area contributed by atoms with Crippen LogP contribution < -0.4 is 0 Å². The van der Waals surface area contributed by atoms with Crippen molar-refractivity contribution in [3.05, 3.63) is 0 Å². The lowest BCUT2D eigenvalue weighted by Gasteiger charge is -2.41. The summed E-state index contributed by atoms with van der Waals surface area (Å²) < 4.78 is 0. The van der Waals surface area contributed by atoms with E-state index < -0.39 is 0 Å². The molecule has 0 nitrogen and oxygen atoms in total. The lowest BCUT2D eigenvalue weighted by molar-refractivity contribution is 0.0872. The van der Waals surface area contributed by atoms with Gasteiger partial charge in [0.05, 0.1) is 0 Å². The molecule has 0 saturated heterocycles. The molecule has 5 atom stereocenters. The summed E-state index contributed by atoms with van der Waals surface area (Å²) in [6.45, 7) is 0. The highest BCUT2D eigenvalue weighted by molar-refractivity contribution is 5.09. The van der Waals surface area contributed by atoms with E-state index in [-0.39, 0.29) is 0 Å². The Balaban J connectivity index is 1.70. The average molecular weight is 204 g/mol. The number of hydrogen-bond acceptors (Lipinski definition) is 0. The molecule has 0 aromatic rings. The molecular formula is C15H24. The maximum Gasteiger partial charge on any atom is -0.0235 e. The zero-order chi connectivity index (χ0) is 9.88. The third-order valence-electron chi connectivity index (χ3n) is 6.70. The van der Waals surface area contributed by atoms with Gasteiger partial charge in [0.1, 0.15) is 0 Å². The maximum absolute atomic E-state index is 1.66. The van der Waals surface area contributed by atoms with Crippen LogP contribution in [0, 0.1) is 29.1 Å². The molecule has 4 aliphatic rings. The van der Waals surface area contributed by atoms with E-state index in [2.05, 4.69) is 0 Å². The molecule has 84 valence electrons. The van der Waals surface area contributed by atoms with Gasteiger partial charge in [0.2, 0.25) is 0 Å². The van der Waals surface area contributed by atoms with Crippen LogP contribution in [0.15, 0.2) is 0 Å². The average Bonchev–Trinajstić information content (AvgIpc) is 2.84. The van der Waals surface area contributed by atoms with E-state index in [4.69, 9.17) is 0 Å². The molecule has 5 unspecified atom stereocenters. The van der Waals surface area contributed by atoms with Crippen LogP contribution in [0.1, 0.15) is 64.2 Å². The van der Waals surface area contributed by atoms with Gasteiger partial charge in [0.15, 0.2) is 0 Å². The zero-order valence-corrected chi connectivity index (χ0v) is 9.88. The topological polar surface area (TPSA) is 0 Å². The summed E-state index contributed by atoms with van der Waals surface area (Å²) in [5, 5.41) is 0. The Morgan fingerprint density at radius 3 is 2.80 bits per heavy atom. The first-order valence-corrected chi connectivity index (χ1v) is 7.40. The lowest BCUT2D eigenvalue weighted by atomic mass is 9.64. The summed E-state index contributed by atoms with van der Waals surface area (Å²) in [4.78, 5) is 0. The molecule has 0 heteroatoms. The normalized spacial score (nSPS) is 57.6. The smallest absolute Gasteiger partial charge is 0.0235 e. The Morgan fingerprint density at radius 2 is 1.80 bits per heavy atom. The molecule has 0 bridgehead atoms. The largest absolute Gasteiger partial charge is 0.0530 e. The molecule has 0 amide bonds. The van der Waals surface area contributed by atoms with Gasteiger partial charge in [-0.15, -0.1) is 0 Å². The van der Waals surface area contributed by atoms with Crippen LogP contribution in [-0.2, 0) is 0 Å². The van der Waals surface area contributed by atoms with E-state index in [0.29, 0.717) is 0 Å². The van der Waals surface area contributed by atoms with Gasteiger partial charge in [-0.3, -0.25) is 0 Å². The highest BCUT2D eigenvalue weighted by atomic mass is 14.6. The second kappa shape index (κ2) is 3.02. The third kappa shape index (κ3) is 1.04. The first-order chi connectivity index (χ1) is 7.40. The van der Waals surface area contributed by atoms with Crippen molar-refractivity contribution in [2.24, 2.45) is 29.1 Å². The fourth-order valence-electron chi connectivity index (χ4n) is 6.32. The van der Waals surface area contributed by atoms with E-state index in [1.54, 1.807) is 64.2 Å². The quantitative estimate of drug-likeness (QED) is 0.549. The Bertz CT molecular complexity index is 269. The minimum atomic E-state index is 0.897. The minimum absolute atomic E-state index is 0.897. The van der Waals surface area contributed by atoms with E-state index in [1.807, 2.05) is 0 Å². The van der Waals surface area contributed by atoms with E-state index in [9.17, 15) is 0 Å². The summed E-state index contributed by atoms with van der Waals surface area (Å²) in [5.41, 5.74) is 0.897. The molecule has 15 heavy (non-hydrogen) atoms. The second-order valence-electron chi connectivity index (χ2n) is 6.92. The van der Waals surface area contributed by atoms with Crippen LogP contribution in [0.5, 0.6) is 0 Å². The van der Waals surface area contributed by atoms with Crippen LogP contribution >= 0.6 is 0 Å². The Labute approximate surface area is 93.8 Å². The van der Waals surface area contributed by atoms with Crippen LogP contribution in [0.2, 0.25) is 0 Å². The molecule has 0 aromatic heterocycles. The van der Waals surface area contributed by atoms with Crippen LogP contribution in [-0.4, -0.2) is 0 Å². The highest BCUT2D eigenvalue weighted by Gasteiger charge is 2.60. The predicted molar refractivity (Wildman–Crippen MR) is 62.6 cm³/mol. The van der Waals surface area contributed by atoms with Crippen LogP contribution in [0.25, 0.3) is 0 Å². The molecule has 0 heterocycles. The van der Waals surface area contributed by atoms with Crippen molar-refractivity contribution in [2.45, 2.75) is 64.2 Å². The van der Waals surface area contributed by atoms with Gasteiger partial charge in [-0.1, -0.05) is 25.7 Å². The van der Waals surface area contributed by atoms with Gasteiger partial charge in [-0.2, -0.15) is 0 Å². The molecular weight excluding hydrogens is 180 g/mol. The van der Waals surface area contributed by atoms with Crippen molar-refractivity contribution < 1.29 is 0 Å². The fourth-order valence-corrected chi connectivity index (χ4v) is 6.32. The Hall–Kier alpha value is 0. The molecule has 0 aromatic carbocycles. The maximum atomic E-state index is 1.66. The summed E-state index contributed by atoms with van der Waals surface area (Å²) >= 11 is 0. The Morgan fingerprint density at radius 1 is 0.800 bits per heavy atom. The van der Waals surface area contributed by atoms with Crippen molar-refractivity contribution in [1.29, 1.82) is 0 Å². The monoisotopic (exact) mass is 204 g/mol.